The van der Waals surface area contributed by atoms with Gasteiger partial charge in [0, 0.05) is 24.0 Å². The number of halogens is 3. The number of nitrogens with zero attached hydrogens (tertiary/aromatic N) is 2. The number of carbonyl (C=O) groups is 1. The molecule has 1 N–H and O–H groups in total. The summed E-state index contributed by atoms with van der Waals surface area (Å²) in [5.74, 6) is -2.41. The summed E-state index contributed by atoms with van der Waals surface area (Å²) in [6.45, 7) is 8.30. The van der Waals surface area contributed by atoms with Gasteiger partial charge in [0.15, 0.2) is 6.23 Å². The molecule has 1 aromatic heterocycles. The lowest BCUT2D eigenvalue weighted by atomic mass is 9.75. The predicted octanol–water partition coefficient (Wildman–Crippen LogP) is 8.38. The van der Waals surface area contributed by atoms with E-state index >= 15 is 13.2 Å². The summed E-state index contributed by atoms with van der Waals surface area (Å²) in [6, 6.07) is 16.5. The van der Waals surface area contributed by atoms with E-state index in [0.29, 0.717) is 35.2 Å². The molecule has 1 amide bonds. The van der Waals surface area contributed by atoms with Crippen LogP contribution in [0.1, 0.15) is 88.1 Å². The van der Waals surface area contributed by atoms with Crippen molar-refractivity contribution < 1.29 is 32.2 Å². The van der Waals surface area contributed by atoms with Crippen molar-refractivity contribution in [3.8, 4) is 5.75 Å². The van der Waals surface area contributed by atoms with Gasteiger partial charge in [-0.15, -0.1) is 5.10 Å². The zero-order valence-electron chi connectivity index (χ0n) is 26.1. The van der Waals surface area contributed by atoms with Crippen LogP contribution in [0, 0.1) is 17.6 Å². The number of hydrogen-bond donors (Lipinski definition) is 1. The minimum Gasteiger partial charge on any atom is -0.492 e. The Balaban J connectivity index is 1.44. The van der Waals surface area contributed by atoms with Gasteiger partial charge < -0.3 is 19.5 Å². The first kappa shape index (κ1) is 32.3. The summed E-state index contributed by atoms with van der Waals surface area (Å²) in [5.41, 5.74) is 1.49. The van der Waals surface area contributed by atoms with Crippen molar-refractivity contribution in [1.82, 2.24) is 15.1 Å². The number of ether oxygens (including phenoxy) is 3. The molecule has 10 heteroatoms. The van der Waals surface area contributed by atoms with Gasteiger partial charge in [-0.05, 0) is 94.0 Å². The van der Waals surface area contributed by atoms with E-state index in [2.05, 4.69) is 10.4 Å². The quantitative estimate of drug-likeness (QED) is 0.180. The second kappa shape index (κ2) is 13.9. The maximum Gasteiger partial charge on any atom is 0.407 e. The van der Waals surface area contributed by atoms with Gasteiger partial charge in [-0.25, -0.2) is 18.3 Å². The molecule has 240 valence electrons. The van der Waals surface area contributed by atoms with Crippen LogP contribution in [0.15, 0.2) is 60.7 Å². The van der Waals surface area contributed by atoms with E-state index in [1.54, 1.807) is 43.7 Å². The van der Waals surface area contributed by atoms with Crippen LogP contribution in [-0.2, 0) is 9.47 Å². The highest BCUT2D eigenvalue weighted by Crippen LogP contribution is 2.44. The lowest BCUT2D eigenvalue weighted by Crippen LogP contribution is -2.34. The molecule has 3 unspecified atom stereocenters. The summed E-state index contributed by atoms with van der Waals surface area (Å²) >= 11 is 0. The third kappa shape index (κ3) is 7.61. The molecule has 3 aromatic carbocycles. The molecular weight excluding hydrogens is 583 g/mol. The summed E-state index contributed by atoms with van der Waals surface area (Å²) in [4.78, 5) is 11.9. The number of hydrogen-bond acceptors (Lipinski definition) is 5. The molecule has 1 aliphatic heterocycles. The van der Waals surface area contributed by atoms with Crippen molar-refractivity contribution in [2.24, 2.45) is 0 Å². The number of rotatable bonds is 10. The lowest BCUT2D eigenvalue weighted by molar-refractivity contribution is -0.0375. The Morgan fingerprint density at radius 1 is 1.04 bits per heavy atom. The van der Waals surface area contributed by atoms with Crippen molar-refractivity contribution in [3.63, 3.8) is 0 Å². The second-order valence-electron chi connectivity index (χ2n) is 12.3. The Labute approximate surface area is 261 Å². The van der Waals surface area contributed by atoms with Crippen molar-refractivity contribution in [2.45, 2.75) is 77.0 Å². The maximum absolute atomic E-state index is 15.3. The molecule has 1 saturated heterocycles. The molecule has 0 spiro atoms. The van der Waals surface area contributed by atoms with E-state index in [0.717, 1.165) is 24.8 Å². The summed E-state index contributed by atoms with van der Waals surface area (Å²) in [6.07, 6.45) is 2.24. The molecule has 0 aliphatic carbocycles. The van der Waals surface area contributed by atoms with E-state index in [9.17, 15) is 4.79 Å². The molecule has 4 aromatic rings. The van der Waals surface area contributed by atoms with Crippen molar-refractivity contribution in [3.05, 3.63) is 94.9 Å². The van der Waals surface area contributed by atoms with Crippen LogP contribution in [-0.4, -0.2) is 41.2 Å². The average molecular weight is 624 g/mol. The molecule has 45 heavy (non-hydrogen) atoms. The van der Waals surface area contributed by atoms with E-state index < -0.39 is 41.1 Å². The summed E-state index contributed by atoms with van der Waals surface area (Å²) in [7, 11) is 0. The summed E-state index contributed by atoms with van der Waals surface area (Å²) in [5, 5.41) is 7.15. The van der Waals surface area contributed by atoms with Gasteiger partial charge in [-0.3, -0.25) is 0 Å². The number of alkyl carbamates (subject to hydrolysis) is 1. The van der Waals surface area contributed by atoms with E-state index in [1.807, 2.05) is 31.2 Å². The Hall–Kier alpha value is -4.05. The fraction of sp³-hybridized carbons (Fsp3) is 0.429. The maximum atomic E-state index is 15.3. The molecule has 7 nitrogen and oxygen atoms in total. The zero-order chi connectivity index (χ0) is 32.1. The van der Waals surface area contributed by atoms with E-state index in [-0.39, 0.29) is 24.9 Å². The van der Waals surface area contributed by atoms with Crippen molar-refractivity contribution in [1.29, 1.82) is 0 Å². The van der Waals surface area contributed by atoms with Gasteiger partial charge in [0.2, 0.25) is 5.95 Å². The standard InChI is InChI=1S/C35H40F3N3O4/c1-5-25(32-27(36)9-8-10-28(32)37)31(22-12-15-24(16-13-22)43-20-18-39-34(42)45-35(2,3)4)23-14-17-29-26(21-23)33(38)40-41(29)30-11-6-7-19-44-30/h8-10,12-17,21,25,30-31H,5-7,11,18-20H2,1-4H3,(H,39,42). The minimum absolute atomic E-state index is 0.00888. The lowest BCUT2D eigenvalue weighted by Gasteiger charge is -2.29. The first-order valence-corrected chi connectivity index (χ1v) is 15.5. The van der Waals surface area contributed by atoms with Crippen molar-refractivity contribution >= 4 is 17.0 Å². The Morgan fingerprint density at radius 3 is 2.40 bits per heavy atom. The predicted molar refractivity (Wildman–Crippen MR) is 166 cm³/mol. The third-order valence-electron chi connectivity index (χ3n) is 7.96. The Kier molecular flexibility index (Phi) is 10.0. The number of nitrogens with one attached hydrogen (secondary N) is 1. The fourth-order valence-electron chi connectivity index (χ4n) is 5.99. The molecule has 0 saturated carbocycles. The highest BCUT2D eigenvalue weighted by molar-refractivity contribution is 5.80. The smallest absolute Gasteiger partial charge is 0.407 e. The molecular formula is C35H40F3N3O4. The van der Waals surface area contributed by atoms with E-state index in [1.165, 1.54) is 18.2 Å². The number of benzene rings is 3. The number of fused-ring (bicyclic) bond motifs is 1. The first-order chi connectivity index (χ1) is 21.6. The van der Waals surface area contributed by atoms with Crippen LogP contribution in [0.3, 0.4) is 0 Å². The molecule has 3 atom stereocenters. The van der Waals surface area contributed by atoms with Crippen LogP contribution in [0.2, 0.25) is 0 Å². The highest BCUT2D eigenvalue weighted by atomic mass is 19.1. The third-order valence-corrected chi connectivity index (χ3v) is 7.96. The first-order valence-electron chi connectivity index (χ1n) is 15.5. The van der Waals surface area contributed by atoms with Crippen LogP contribution < -0.4 is 10.1 Å². The monoisotopic (exact) mass is 623 g/mol. The zero-order valence-corrected chi connectivity index (χ0v) is 26.1. The van der Waals surface area contributed by atoms with Crippen LogP contribution in [0.4, 0.5) is 18.0 Å². The topological polar surface area (TPSA) is 74.6 Å². The van der Waals surface area contributed by atoms with Gasteiger partial charge >= 0.3 is 6.09 Å². The highest BCUT2D eigenvalue weighted by Gasteiger charge is 2.31. The number of amides is 1. The minimum atomic E-state index is -0.626. The average Bonchev–Trinajstić information content (AvgIpc) is 3.34. The van der Waals surface area contributed by atoms with Crippen LogP contribution >= 0.6 is 0 Å². The Morgan fingerprint density at radius 2 is 1.76 bits per heavy atom. The molecule has 2 heterocycles. The van der Waals surface area contributed by atoms with Crippen molar-refractivity contribution in [2.75, 3.05) is 19.8 Å². The number of carbonyl (C=O) groups excluding carboxylic acids is 1. The molecule has 1 aliphatic rings. The van der Waals surface area contributed by atoms with E-state index in [4.69, 9.17) is 14.2 Å². The van der Waals surface area contributed by atoms with Gasteiger partial charge in [-0.2, -0.15) is 4.39 Å². The van der Waals surface area contributed by atoms with Gasteiger partial charge in [0.1, 0.15) is 29.6 Å². The largest absolute Gasteiger partial charge is 0.492 e. The second-order valence-corrected chi connectivity index (χ2v) is 12.3. The molecule has 0 bridgehead atoms. The van der Waals surface area contributed by atoms with Gasteiger partial charge in [0.25, 0.3) is 0 Å². The normalized spacial score (nSPS) is 16.7. The Bertz CT molecular complexity index is 1590. The SMILES string of the molecule is CCC(c1c(F)cccc1F)C(c1ccc(OCCNC(=O)OC(C)(C)C)cc1)c1ccc2c(c1)c(F)nn2C1CCCCO1. The molecule has 0 radical (unpaired) electrons. The van der Waals surface area contributed by atoms with Crippen LogP contribution in [0.25, 0.3) is 10.9 Å². The summed E-state index contributed by atoms with van der Waals surface area (Å²) < 4.78 is 64.2. The van der Waals surface area contributed by atoms with Crippen LogP contribution in [0.5, 0.6) is 5.75 Å². The fourth-order valence-corrected chi connectivity index (χ4v) is 5.99. The van der Waals surface area contributed by atoms with Gasteiger partial charge in [0.05, 0.1) is 17.4 Å². The molecule has 1 fully saturated rings. The molecule has 5 rings (SSSR count). The number of aromatic nitrogens is 2. The van der Waals surface area contributed by atoms with Gasteiger partial charge in [-0.1, -0.05) is 31.2 Å².